The molecule has 19 heavy (non-hydrogen) atoms. The fraction of sp³-hybridized carbons (Fsp3) is 0.0625. The molecule has 1 N–H and O–H groups in total. The summed E-state index contributed by atoms with van der Waals surface area (Å²) in [7, 11) is 0. The van der Waals surface area contributed by atoms with Gasteiger partial charge < -0.3 is 5.32 Å². The van der Waals surface area contributed by atoms with E-state index in [2.05, 4.69) is 33.9 Å². The zero-order valence-electron chi connectivity index (χ0n) is 10.7. The largest absolute Gasteiger partial charge is 0.325 e. The molecule has 3 nitrogen and oxygen atoms in total. The molecule has 0 bridgehead atoms. The van der Waals surface area contributed by atoms with Crippen LogP contribution in [-0.4, -0.2) is 9.55 Å². The van der Waals surface area contributed by atoms with Gasteiger partial charge in [0, 0.05) is 17.1 Å². The third kappa shape index (κ3) is 2.36. The lowest BCUT2D eigenvalue weighted by atomic mass is 10.3. The first-order valence-electron chi connectivity index (χ1n) is 6.26. The minimum Gasteiger partial charge on any atom is -0.325 e. The monoisotopic (exact) mass is 249 g/mol. The Morgan fingerprint density at radius 3 is 2.21 bits per heavy atom. The van der Waals surface area contributed by atoms with Crippen LogP contribution < -0.4 is 5.32 Å². The lowest BCUT2D eigenvalue weighted by Crippen LogP contribution is -2.02. The van der Waals surface area contributed by atoms with Gasteiger partial charge >= 0.3 is 0 Å². The van der Waals surface area contributed by atoms with Gasteiger partial charge in [-0.25, -0.2) is 4.98 Å². The second-order valence-electron chi connectivity index (χ2n) is 4.39. The molecule has 3 rings (SSSR count). The highest BCUT2D eigenvalue weighted by molar-refractivity contribution is 5.56. The van der Waals surface area contributed by atoms with Gasteiger partial charge in [0.25, 0.3) is 0 Å². The van der Waals surface area contributed by atoms with Crippen molar-refractivity contribution in [2.24, 2.45) is 0 Å². The first kappa shape index (κ1) is 11.5. The van der Waals surface area contributed by atoms with E-state index in [0.717, 1.165) is 23.0 Å². The minimum absolute atomic E-state index is 0.829. The molecular weight excluding hydrogens is 234 g/mol. The van der Waals surface area contributed by atoms with Crippen molar-refractivity contribution in [1.82, 2.24) is 9.55 Å². The molecule has 3 aromatic rings. The molecule has 94 valence electrons. The Labute approximate surface area is 112 Å². The Kier molecular flexibility index (Phi) is 3.02. The first-order chi connectivity index (χ1) is 9.34. The van der Waals surface area contributed by atoms with Crippen LogP contribution in [0.4, 0.5) is 11.6 Å². The molecule has 0 amide bonds. The molecular formula is C16H15N3. The van der Waals surface area contributed by atoms with Gasteiger partial charge in [-0.05, 0) is 31.2 Å². The fourth-order valence-corrected chi connectivity index (χ4v) is 2.08. The van der Waals surface area contributed by atoms with Gasteiger partial charge in [-0.1, -0.05) is 36.4 Å². The highest BCUT2D eigenvalue weighted by atomic mass is 15.2. The highest BCUT2D eigenvalue weighted by Crippen LogP contribution is 2.21. The van der Waals surface area contributed by atoms with E-state index in [0.29, 0.717) is 0 Å². The second-order valence-corrected chi connectivity index (χ2v) is 4.39. The maximum absolute atomic E-state index is 4.44. The summed E-state index contributed by atoms with van der Waals surface area (Å²) in [5, 5.41) is 3.34. The molecule has 0 spiro atoms. The number of hydrogen-bond donors (Lipinski definition) is 1. The van der Waals surface area contributed by atoms with Crippen molar-refractivity contribution in [3.8, 4) is 5.69 Å². The summed E-state index contributed by atoms with van der Waals surface area (Å²) in [5.74, 6) is 0.829. The molecule has 0 aliphatic rings. The van der Waals surface area contributed by atoms with Gasteiger partial charge in [-0.3, -0.25) is 4.57 Å². The molecule has 0 unspecified atom stereocenters. The van der Waals surface area contributed by atoms with Gasteiger partial charge in [-0.2, -0.15) is 0 Å². The van der Waals surface area contributed by atoms with Crippen LogP contribution in [0.1, 0.15) is 5.69 Å². The number of anilines is 2. The summed E-state index contributed by atoms with van der Waals surface area (Å²) in [4.78, 5) is 4.44. The van der Waals surface area contributed by atoms with Crippen LogP contribution in [-0.2, 0) is 0 Å². The predicted molar refractivity (Wildman–Crippen MR) is 78.0 cm³/mol. The molecule has 1 aromatic heterocycles. The third-order valence-electron chi connectivity index (χ3n) is 2.98. The van der Waals surface area contributed by atoms with Crippen molar-refractivity contribution in [2.75, 3.05) is 5.32 Å². The summed E-state index contributed by atoms with van der Waals surface area (Å²) in [5.41, 5.74) is 3.24. The maximum Gasteiger partial charge on any atom is 0.212 e. The zero-order valence-corrected chi connectivity index (χ0v) is 10.7. The fourth-order valence-electron chi connectivity index (χ4n) is 2.08. The van der Waals surface area contributed by atoms with E-state index in [1.54, 1.807) is 0 Å². The van der Waals surface area contributed by atoms with Crippen molar-refractivity contribution < 1.29 is 0 Å². The Morgan fingerprint density at radius 1 is 0.895 bits per heavy atom. The van der Waals surface area contributed by atoms with E-state index >= 15 is 0 Å². The first-order valence-corrected chi connectivity index (χ1v) is 6.26. The number of nitrogens with one attached hydrogen (secondary N) is 1. The molecule has 0 saturated carbocycles. The standard InChI is InChI=1S/C16H15N3/c1-13-12-17-16(18-14-8-4-2-5-9-14)19(13)15-10-6-3-7-11-15/h2-12H,1H3,(H,17,18). The third-order valence-corrected chi connectivity index (χ3v) is 2.98. The van der Waals surface area contributed by atoms with Crippen LogP contribution in [0.15, 0.2) is 66.9 Å². The average molecular weight is 249 g/mol. The normalized spacial score (nSPS) is 10.4. The molecule has 0 aliphatic heterocycles. The molecule has 3 heteroatoms. The number of rotatable bonds is 3. The van der Waals surface area contributed by atoms with Crippen molar-refractivity contribution in [3.63, 3.8) is 0 Å². The number of aromatic nitrogens is 2. The number of imidazole rings is 1. The number of nitrogens with zero attached hydrogens (tertiary/aromatic N) is 2. The number of aryl methyl sites for hydroxylation is 1. The van der Waals surface area contributed by atoms with Gasteiger partial charge in [0.2, 0.25) is 5.95 Å². The van der Waals surface area contributed by atoms with Gasteiger partial charge in [-0.15, -0.1) is 0 Å². The Morgan fingerprint density at radius 2 is 1.53 bits per heavy atom. The molecule has 0 aliphatic carbocycles. The van der Waals surface area contributed by atoms with Crippen molar-refractivity contribution in [2.45, 2.75) is 6.92 Å². The highest BCUT2D eigenvalue weighted by Gasteiger charge is 2.08. The summed E-state index contributed by atoms with van der Waals surface area (Å²) >= 11 is 0. The maximum atomic E-state index is 4.44. The van der Waals surface area contributed by atoms with E-state index in [1.165, 1.54) is 0 Å². The quantitative estimate of drug-likeness (QED) is 0.762. The predicted octanol–water partition coefficient (Wildman–Crippen LogP) is 3.92. The molecule has 0 fully saturated rings. The van der Waals surface area contributed by atoms with E-state index in [4.69, 9.17) is 0 Å². The van der Waals surface area contributed by atoms with E-state index in [-0.39, 0.29) is 0 Å². The second kappa shape index (κ2) is 4.98. The van der Waals surface area contributed by atoms with Crippen LogP contribution in [0.3, 0.4) is 0 Å². The topological polar surface area (TPSA) is 29.9 Å². The Bertz CT molecular complexity index is 657. The number of benzene rings is 2. The van der Waals surface area contributed by atoms with Gasteiger partial charge in [0.05, 0.1) is 6.20 Å². The molecule has 0 atom stereocenters. The Balaban J connectivity index is 2.00. The minimum atomic E-state index is 0.829. The van der Waals surface area contributed by atoms with E-state index in [9.17, 15) is 0 Å². The smallest absolute Gasteiger partial charge is 0.212 e. The van der Waals surface area contributed by atoms with Gasteiger partial charge in [0.15, 0.2) is 0 Å². The van der Waals surface area contributed by atoms with Crippen molar-refractivity contribution in [3.05, 3.63) is 72.6 Å². The van der Waals surface area contributed by atoms with Crippen LogP contribution in [0.25, 0.3) is 5.69 Å². The van der Waals surface area contributed by atoms with Crippen molar-refractivity contribution in [1.29, 1.82) is 0 Å². The van der Waals surface area contributed by atoms with Crippen LogP contribution in [0, 0.1) is 6.92 Å². The number of hydrogen-bond acceptors (Lipinski definition) is 2. The summed E-state index contributed by atoms with van der Waals surface area (Å²) in [6.07, 6.45) is 1.87. The summed E-state index contributed by atoms with van der Waals surface area (Å²) in [6.45, 7) is 2.05. The molecule has 0 radical (unpaired) electrons. The number of para-hydroxylation sites is 2. The molecule has 1 heterocycles. The van der Waals surface area contributed by atoms with E-state index in [1.807, 2.05) is 54.7 Å². The van der Waals surface area contributed by atoms with Gasteiger partial charge in [0.1, 0.15) is 0 Å². The Hall–Kier alpha value is -2.55. The van der Waals surface area contributed by atoms with Crippen molar-refractivity contribution >= 4 is 11.6 Å². The molecule has 2 aromatic carbocycles. The average Bonchev–Trinajstić information content (AvgIpc) is 2.82. The van der Waals surface area contributed by atoms with Crippen LogP contribution >= 0.6 is 0 Å². The molecule has 0 saturated heterocycles. The summed E-state index contributed by atoms with van der Waals surface area (Å²) in [6, 6.07) is 20.3. The van der Waals surface area contributed by atoms with Crippen LogP contribution in [0.2, 0.25) is 0 Å². The van der Waals surface area contributed by atoms with Crippen LogP contribution in [0.5, 0.6) is 0 Å². The van der Waals surface area contributed by atoms with E-state index < -0.39 is 0 Å². The lowest BCUT2D eigenvalue weighted by Gasteiger charge is -2.11. The zero-order chi connectivity index (χ0) is 13.1. The summed E-state index contributed by atoms with van der Waals surface area (Å²) < 4.78 is 2.10. The SMILES string of the molecule is Cc1cnc(Nc2ccccc2)n1-c1ccccc1. The lowest BCUT2D eigenvalue weighted by molar-refractivity contribution is 1.01.